The first-order chi connectivity index (χ1) is 11.5. The standard InChI is InChI=1S/C17H23FN6/c1-22(2)17-20-6-4-16(21-17)23(3)15-5-7-24(12-15)11-13-8-14(18)10-19-9-13/h4,6,8-10,15H,5,7,11-12H2,1-3H3. The normalized spacial score (nSPS) is 17.9. The Balaban J connectivity index is 1.63. The average molecular weight is 330 g/mol. The molecule has 2 aromatic rings. The third kappa shape index (κ3) is 3.79. The van der Waals surface area contributed by atoms with Crippen LogP contribution >= 0.6 is 0 Å². The van der Waals surface area contributed by atoms with Crippen LogP contribution in [0.4, 0.5) is 16.2 Å². The van der Waals surface area contributed by atoms with E-state index < -0.39 is 0 Å². The molecule has 7 heteroatoms. The van der Waals surface area contributed by atoms with Crippen molar-refractivity contribution in [2.24, 2.45) is 0 Å². The number of anilines is 2. The van der Waals surface area contributed by atoms with Gasteiger partial charge in [-0.1, -0.05) is 0 Å². The first-order valence-corrected chi connectivity index (χ1v) is 8.08. The summed E-state index contributed by atoms with van der Waals surface area (Å²) < 4.78 is 13.3. The molecule has 1 atom stereocenters. The second-order valence-corrected chi connectivity index (χ2v) is 6.41. The Morgan fingerprint density at radius 2 is 2.12 bits per heavy atom. The molecule has 0 aromatic carbocycles. The van der Waals surface area contributed by atoms with Gasteiger partial charge < -0.3 is 9.80 Å². The molecule has 1 saturated heterocycles. The van der Waals surface area contributed by atoms with E-state index in [-0.39, 0.29) is 5.82 Å². The van der Waals surface area contributed by atoms with Crippen molar-refractivity contribution in [2.45, 2.75) is 19.0 Å². The van der Waals surface area contributed by atoms with Gasteiger partial charge in [0.25, 0.3) is 0 Å². The number of pyridine rings is 1. The van der Waals surface area contributed by atoms with Gasteiger partial charge in [0.15, 0.2) is 0 Å². The molecule has 2 aromatic heterocycles. The zero-order valence-corrected chi connectivity index (χ0v) is 14.4. The van der Waals surface area contributed by atoms with E-state index in [9.17, 15) is 4.39 Å². The number of hydrogen-bond acceptors (Lipinski definition) is 6. The molecule has 0 aliphatic carbocycles. The smallest absolute Gasteiger partial charge is 0.226 e. The lowest BCUT2D eigenvalue weighted by Gasteiger charge is -2.26. The van der Waals surface area contributed by atoms with Crippen LogP contribution in [0.25, 0.3) is 0 Å². The Morgan fingerprint density at radius 3 is 2.88 bits per heavy atom. The number of rotatable bonds is 5. The quantitative estimate of drug-likeness (QED) is 0.833. The molecule has 1 aliphatic rings. The van der Waals surface area contributed by atoms with Gasteiger partial charge in [-0.3, -0.25) is 9.88 Å². The molecule has 3 rings (SSSR count). The monoisotopic (exact) mass is 330 g/mol. The predicted octanol–water partition coefficient (Wildman–Crippen LogP) is 1.79. The van der Waals surface area contributed by atoms with E-state index in [2.05, 4.69) is 31.8 Å². The minimum absolute atomic E-state index is 0.280. The largest absolute Gasteiger partial charge is 0.355 e. The van der Waals surface area contributed by atoms with Crippen LogP contribution in [0.2, 0.25) is 0 Å². The third-order valence-electron chi connectivity index (χ3n) is 4.35. The Labute approximate surface area is 142 Å². The number of halogens is 1. The number of nitrogens with zero attached hydrogens (tertiary/aromatic N) is 6. The molecule has 0 spiro atoms. The zero-order valence-electron chi connectivity index (χ0n) is 14.4. The number of likely N-dealkylation sites (N-methyl/N-ethyl adjacent to an activating group) is 1. The highest BCUT2D eigenvalue weighted by Gasteiger charge is 2.26. The van der Waals surface area contributed by atoms with Gasteiger partial charge in [-0.2, -0.15) is 4.98 Å². The molecule has 0 radical (unpaired) electrons. The van der Waals surface area contributed by atoms with Crippen molar-refractivity contribution in [1.82, 2.24) is 19.9 Å². The van der Waals surface area contributed by atoms with Gasteiger partial charge in [0, 0.05) is 59.2 Å². The van der Waals surface area contributed by atoms with Gasteiger partial charge in [0.1, 0.15) is 11.6 Å². The summed E-state index contributed by atoms with van der Waals surface area (Å²) in [6, 6.07) is 3.88. The van der Waals surface area contributed by atoms with Crippen molar-refractivity contribution < 1.29 is 4.39 Å². The van der Waals surface area contributed by atoms with Crippen LogP contribution in [0.5, 0.6) is 0 Å². The van der Waals surface area contributed by atoms with E-state index in [4.69, 9.17) is 0 Å². The lowest BCUT2D eigenvalue weighted by Crippen LogP contribution is -2.35. The van der Waals surface area contributed by atoms with Crippen LogP contribution in [-0.2, 0) is 6.54 Å². The Morgan fingerprint density at radius 1 is 1.29 bits per heavy atom. The number of hydrogen-bond donors (Lipinski definition) is 0. The highest BCUT2D eigenvalue weighted by atomic mass is 19.1. The van der Waals surface area contributed by atoms with Gasteiger partial charge >= 0.3 is 0 Å². The van der Waals surface area contributed by atoms with Crippen molar-refractivity contribution in [3.05, 3.63) is 42.1 Å². The van der Waals surface area contributed by atoms with Crippen LogP contribution in [0, 0.1) is 5.82 Å². The lowest BCUT2D eigenvalue weighted by atomic mass is 10.2. The fourth-order valence-corrected chi connectivity index (χ4v) is 3.01. The van der Waals surface area contributed by atoms with Crippen molar-refractivity contribution in [3.8, 4) is 0 Å². The van der Waals surface area contributed by atoms with Crippen LogP contribution in [-0.4, -0.2) is 60.1 Å². The van der Waals surface area contributed by atoms with Crippen molar-refractivity contribution in [2.75, 3.05) is 44.0 Å². The third-order valence-corrected chi connectivity index (χ3v) is 4.35. The maximum absolute atomic E-state index is 13.3. The van der Waals surface area contributed by atoms with Crippen LogP contribution < -0.4 is 9.80 Å². The molecule has 1 fully saturated rings. The summed E-state index contributed by atoms with van der Waals surface area (Å²) in [7, 11) is 5.94. The molecule has 128 valence electrons. The predicted molar refractivity (Wildman–Crippen MR) is 92.6 cm³/mol. The van der Waals surface area contributed by atoms with Gasteiger partial charge in [-0.05, 0) is 24.1 Å². The SMILES string of the molecule is CN(C)c1nccc(N(C)C2CCN(Cc3cncc(F)c3)C2)n1. The fourth-order valence-electron chi connectivity index (χ4n) is 3.01. The fraction of sp³-hybridized carbons (Fsp3) is 0.471. The summed E-state index contributed by atoms with van der Waals surface area (Å²) in [6.07, 6.45) is 5.81. The molecule has 6 nitrogen and oxygen atoms in total. The van der Waals surface area contributed by atoms with E-state index in [1.807, 2.05) is 25.1 Å². The van der Waals surface area contributed by atoms with Gasteiger partial charge in [0.05, 0.1) is 6.20 Å². The number of likely N-dealkylation sites (tertiary alicyclic amines) is 1. The van der Waals surface area contributed by atoms with E-state index in [0.29, 0.717) is 12.0 Å². The first-order valence-electron chi connectivity index (χ1n) is 8.08. The van der Waals surface area contributed by atoms with E-state index in [0.717, 1.165) is 37.4 Å². The number of aromatic nitrogens is 3. The van der Waals surface area contributed by atoms with Crippen LogP contribution in [0.1, 0.15) is 12.0 Å². The molecule has 3 heterocycles. The summed E-state index contributed by atoms with van der Waals surface area (Å²) in [5.41, 5.74) is 0.912. The van der Waals surface area contributed by atoms with Gasteiger partial charge in [0.2, 0.25) is 5.95 Å². The molecule has 0 bridgehead atoms. The highest BCUT2D eigenvalue weighted by Crippen LogP contribution is 2.22. The zero-order chi connectivity index (χ0) is 17.1. The Kier molecular flexibility index (Phi) is 4.89. The van der Waals surface area contributed by atoms with Crippen molar-refractivity contribution >= 4 is 11.8 Å². The minimum Gasteiger partial charge on any atom is -0.355 e. The van der Waals surface area contributed by atoms with Crippen molar-refractivity contribution in [3.63, 3.8) is 0 Å². The van der Waals surface area contributed by atoms with Gasteiger partial charge in [-0.15, -0.1) is 0 Å². The first kappa shape index (κ1) is 16.6. The summed E-state index contributed by atoms with van der Waals surface area (Å²) in [6.45, 7) is 2.63. The molecule has 1 unspecified atom stereocenters. The molecule has 24 heavy (non-hydrogen) atoms. The van der Waals surface area contributed by atoms with Crippen LogP contribution in [0.15, 0.2) is 30.7 Å². The van der Waals surface area contributed by atoms with Crippen molar-refractivity contribution in [1.29, 1.82) is 0 Å². The highest BCUT2D eigenvalue weighted by molar-refractivity contribution is 5.43. The maximum atomic E-state index is 13.3. The average Bonchev–Trinajstić information content (AvgIpc) is 3.02. The molecule has 1 aliphatic heterocycles. The maximum Gasteiger partial charge on any atom is 0.226 e. The Hall–Kier alpha value is -2.28. The minimum atomic E-state index is -0.280. The second kappa shape index (κ2) is 7.09. The molecule has 0 N–H and O–H groups in total. The van der Waals surface area contributed by atoms with E-state index in [1.54, 1.807) is 18.5 Å². The van der Waals surface area contributed by atoms with Gasteiger partial charge in [-0.25, -0.2) is 9.37 Å². The second-order valence-electron chi connectivity index (χ2n) is 6.41. The molecular weight excluding hydrogens is 307 g/mol. The topological polar surface area (TPSA) is 48.4 Å². The summed E-state index contributed by atoms with van der Waals surface area (Å²) in [4.78, 5) is 19.2. The summed E-state index contributed by atoms with van der Waals surface area (Å²) >= 11 is 0. The van der Waals surface area contributed by atoms with E-state index >= 15 is 0 Å². The summed E-state index contributed by atoms with van der Waals surface area (Å²) in [5.74, 6) is 1.35. The lowest BCUT2D eigenvalue weighted by molar-refractivity contribution is 0.325. The molecule has 0 saturated carbocycles. The summed E-state index contributed by atoms with van der Waals surface area (Å²) in [5, 5.41) is 0. The molecule has 0 amide bonds. The van der Waals surface area contributed by atoms with Crippen LogP contribution in [0.3, 0.4) is 0 Å². The van der Waals surface area contributed by atoms with E-state index in [1.165, 1.54) is 6.20 Å². The Bertz CT molecular complexity index is 692. The molecular formula is C17H23FN6.